The molecule has 1 aliphatic rings. The second-order valence-corrected chi connectivity index (χ2v) is 4.84. The molecule has 19 heavy (non-hydrogen) atoms. The van der Waals surface area contributed by atoms with Crippen LogP contribution in [-0.4, -0.2) is 11.3 Å². The maximum Gasteiger partial charge on any atom is 0.165 e. The molecule has 0 unspecified atom stereocenters. The number of oxime groups is 1. The monoisotopic (exact) mass is 263 g/mol. The van der Waals surface area contributed by atoms with E-state index >= 15 is 0 Å². The highest BCUT2D eigenvalue weighted by Crippen LogP contribution is 2.29. The van der Waals surface area contributed by atoms with Gasteiger partial charge >= 0.3 is 0 Å². The number of hydrogen-bond acceptors (Lipinski definition) is 3. The molecule has 0 aliphatic heterocycles. The Bertz CT molecular complexity index is 479. The van der Waals surface area contributed by atoms with Crippen molar-refractivity contribution in [2.45, 2.75) is 32.1 Å². The summed E-state index contributed by atoms with van der Waals surface area (Å²) in [5.74, 6) is 0.0115. The Balaban J connectivity index is 1.88. The summed E-state index contributed by atoms with van der Waals surface area (Å²) in [7, 11) is 0. The van der Waals surface area contributed by atoms with Crippen LogP contribution < -0.4 is 0 Å². The van der Waals surface area contributed by atoms with Gasteiger partial charge in [-0.05, 0) is 36.6 Å². The molecule has 0 bridgehead atoms. The van der Waals surface area contributed by atoms with Crippen molar-refractivity contribution in [3.8, 4) is 5.75 Å². The number of halogens is 1. The first-order valence-corrected chi connectivity index (χ1v) is 6.54. The van der Waals surface area contributed by atoms with Crippen LogP contribution in [0, 0.1) is 11.7 Å². The lowest BCUT2D eigenvalue weighted by Gasteiger charge is -2.21. The number of phenols is 1. The predicted molar refractivity (Wildman–Crippen MR) is 72.5 cm³/mol. The van der Waals surface area contributed by atoms with Crippen LogP contribution in [0.4, 0.5) is 4.39 Å². The van der Waals surface area contributed by atoms with Crippen LogP contribution in [0.1, 0.15) is 37.7 Å². The minimum Gasteiger partial charge on any atom is -0.505 e. The number of allylic oxidation sites excluding steroid dienone is 1. The SMILES string of the molecule is C=C(O/N=C/c1ccc(O)c(F)c1)C1CCCCC1. The lowest BCUT2D eigenvalue weighted by atomic mass is 9.88. The van der Waals surface area contributed by atoms with Gasteiger partial charge < -0.3 is 9.94 Å². The number of phenolic OH excluding ortho intramolecular Hbond substituents is 1. The van der Waals surface area contributed by atoms with Crippen molar-refractivity contribution >= 4 is 6.21 Å². The molecular weight excluding hydrogens is 245 g/mol. The molecule has 0 saturated heterocycles. The summed E-state index contributed by atoms with van der Waals surface area (Å²) in [4.78, 5) is 5.25. The van der Waals surface area contributed by atoms with Gasteiger partial charge in [-0.3, -0.25) is 0 Å². The van der Waals surface area contributed by atoms with Crippen LogP contribution >= 0.6 is 0 Å². The Labute approximate surface area is 112 Å². The average molecular weight is 263 g/mol. The number of nitrogens with zero attached hydrogens (tertiary/aromatic N) is 1. The molecule has 0 atom stereocenters. The third kappa shape index (κ3) is 3.81. The molecule has 2 rings (SSSR count). The van der Waals surface area contributed by atoms with Gasteiger partial charge in [0.05, 0.1) is 6.21 Å². The molecule has 102 valence electrons. The van der Waals surface area contributed by atoms with E-state index in [-0.39, 0.29) is 5.75 Å². The zero-order valence-electron chi connectivity index (χ0n) is 10.8. The zero-order chi connectivity index (χ0) is 13.7. The van der Waals surface area contributed by atoms with Crippen LogP contribution in [0.5, 0.6) is 5.75 Å². The van der Waals surface area contributed by atoms with Gasteiger partial charge in [-0.1, -0.05) is 31.0 Å². The van der Waals surface area contributed by atoms with Crippen LogP contribution in [0.25, 0.3) is 0 Å². The summed E-state index contributed by atoms with van der Waals surface area (Å²) < 4.78 is 13.1. The van der Waals surface area contributed by atoms with Crippen molar-refractivity contribution in [1.29, 1.82) is 0 Å². The molecule has 3 nitrogen and oxygen atoms in total. The molecule has 1 aromatic rings. The number of hydrogen-bond donors (Lipinski definition) is 1. The first-order valence-electron chi connectivity index (χ1n) is 6.54. The van der Waals surface area contributed by atoms with Gasteiger partial charge in [-0.25, -0.2) is 4.39 Å². The normalized spacial score (nSPS) is 16.7. The lowest BCUT2D eigenvalue weighted by molar-refractivity contribution is 0.173. The second kappa shape index (κ2) is 6.36. The summed E-state index contributed by atoms with van der Waals surface area (Å²) in [6.07, 6.45) is 7.31. The fourth-order valence-electron chi connectivity index (χ4n) is 2.26. The van der Waals surface area contributed by atoms with Crippen LogP contribution in [0.15, 0.2) is 35.7 Å². The second-order valence-electron chi connectivity index (χ2n) is 4.84. The first kappa shape index (κ1) is 13.6. The number of rotatable bonds is 4. The highest BCUT2D eigenvalue weighted by molar-refractivity contribution is 5.79. The van der Waals surface area contributed by atoms with Crippen molar-refractivity contribution in [2.24, 2.45) is 11.1 Å². The standard InChI is InChI=1S/C15H18FNO2/c1-11(13-5-3-2-4-6-13)19-17-10-12-7-8-15(18)14(16)9-12/h7-10,13,18H,1-6H2/b17-10+. The summed E-state index contributed by atoms with van der Waals surface area (Å²) in [5, 5.41) is 12.9. The van der Waals surface area contributed by atoms with Crippen molar-refractivity contribution in [2.75, 3.05) is 0 Å². The van der Waals surface area contributed by atoms with Gasteiger partial charge in [-0.15, -0.1) is 0 Å². The van der Waals surface area contributed by atoms with Crippen LogP contribution in [-0.2, 0) is 4.84 Å². The topological polar surface area (TPSA) is 41.8 Å². The smallest absolute Gasteiger partial charge is 0.165 e. The molecule has 0 spiro atoms. The Kier molecular flexibility index (Phi) is 4.55. The molecule has 0 amide bonds. The molecule has 0 heterocycles. The maximum absolute atomic E-state index is 13.1. The Hall–Kier alpha value is -1.84. The highest BCUT2D eigenvalue weighted by Gasteiger charge is 2.17. The summed E-state index contributed by atoms with van der Waals surface area (Å²) >= 11 is 0. The van der Waals surface area contributed by atoms with Gasteiger partial charge in [0.2, 0.25) is 0 Å². The average Bonchev–Trinajstić information content (AvgIpc) is 2.43. The van der Waals surface area contributed by atoms with Gasteiger partial charge in [-0.2, -0.15) is 0 Å². The molecule has 1 aliphatic carbocycles. The van der Waals surface area contributed by atoms with Gasteiger partial charge in [0, 0.05) is 5.92 Å². The highest BCUT2D eigenvalue weighted by atomic mass is 19.1. The molecule has 1 saturated carbocycles. The zero-order valence-corrected chi connectivity index (χ0v) is 10.8. The number of benzene rings is 1. The quantitative estimate of drug-likeness (QED) is 0.507. The van der Waals surface area contributed by atoms with Crippen molar-refractivity contribution in [1.82, 2.24) is 0 Å². The third-order valence-corrected chi connectivity index (χ3v) is 3.40. The minimum absolute atomic E-state index is 0.371. The van der Waals surface area contributed by atoms with Crippen LogP contribution in [0.2, 0.25) is 0 Å². The van der Waals surface area contributed by atoms with Gasteiger partial charge in [0.25, 0.3) is 0 Å². The summed E-state index contributed by atoms with van der Waals surface area (Å²) in [5.41, 5.74) is 0.534. The summed E-state index contributed by atoms with van der Waals surface area (Å²) in [6.45, 7) is 3.89. The van der Waals surface area contributed by atoms with E-state index in [4.69, 9.17) is 9.94 Å². The van der Waals surface area contributed by atoms with E-state index in [2.05, 4.69) is 11.7 Å². The molecule has 4 heteroatoms. The van der Waals surface area contributed by atoms with E-state index in [1.54, 1.807) is 6.07 Å². The van der Waals surface area contributed by atoms with E-state index in [0.29, 0.717) is 17.2 Å². The molecule has 1 fully saturated rings. The number of aromatic hydroxyl groups is 1. The Morgan fingerprint density at radius 3 is 2.79 bits per heavy atom. The predicted octanol–water partition coefficient (Wildman–Crippen LogP) is 3.98. The fraction of sp³-hybridized carbons (Fsp3) is 0.400. The molecule has 1 N–H and O–H groups in total. The van der Waals surface area contributed by atoms with E-state index in [0.717, 1.165) is 12.8 Å². The maximum atomic E-state index is 13.1. The van der Waals surface area contributed by atoms with E-state index < -0.39 is 5.82 Å². The van der Waals surface area contributed by atoms with E-state index in [1.165, 1.54) is 37.6 Å². The van der Waals surface area contributed by atoms with E-state index in [1.807, 2.05) is 0 Å². The van der Waals surface area contributed by atoms with Crippen molar-refractivity contribution < 1.29 is 14.3 Å². The van der Waals surface area contributed by atoms with Crippen LogP contribution in [0.3, 0.4) is 0 Å². The van der Waals surface area contributed by atoms with Gasteiger partial charge in [0.1, 0.15) is 5.76 Å². The Morgan fingerprint density at radius 2 is 2.11 bits per heavy atom. The fourth-order valence-corrected chi connectivity index (χ4v) is 2.26. The molecular formula is C15H18FNO2. The minimum atomic E-state index is -0.671. The lowest BCUT2D eigenvalue weighted by Crippen LogP contribution is -2.09. The van der Waals surface area contributed by atoms with E-state index in [9.17, 15) is 4.39 Å². The molecule has 0 aromatic heterocycles. The molecule has 1 aromatic carbocycles. The summed E-state index contributed by atoms with van der Waals surface area (Å²) in [6, 6.07) is 4.05. The van der Waals surface area contributed by atoms with Crippen molar-refractivity contribution in [3.63, 3.8) is 0 Å². The first-order chi connectivity index (χ1) is 9.16. The largest absolute Gasteiger partial charge is 0.505 e. The third-order valence-electron chi connectivity index (χ3n) is 3.40. The molecule has 0 radical (unpaired) electrons. The Morgan fingerprint density at radius 1 is 1.37 bits per heavy atom. The van der Waals surface area contributed by atoms with Crippen molar-refractivity contribution in [3.05, 3.63) is 41.9 Å². The van der Waals surface area contributed by atoms with Gasteiger partial charge in [0.15, 0.2) is 11.6 Å².